The molecule has 0 aliphatic heterocycles. The number of amides is 1. The minimum atomic E-state index is -0.102. The van der Waals surface area contributed by atoms with Crippen molar-refractivity contribution in [2.24, 2.45) is 11.8 Å². The fourth-order valence-electron chi connectivity index (χ4n) is 3.65. The Morgan fingerprint density at radius 3 is 3.00 bits per heavy atom. The van der Waals surface area contributed by atoms with Crippen molar-refractivity contribution >= 4 is 27.5 Å². The lowest BCUT2D eigenvalue weighted by Gasteiger charge is -2.17. The highest BCUT2D eigenvalue weighted by Crippen LogP contribution is 2.35. The molecule has 2 aromatic rings. The number of nitrogens with one attached hydrogen (secondary N) is 1. The molecule has 24 heavy (non-hydrogen) atoms. The first-order valence-electron chi connectivity index (χ1n) is 8.82. The van der Waals surface area contributed by atoms with Crippen molar-refractivity contribution < 1.29 is 4.79 Å². The van der Waals surface area contributed by atoms with Gasteiger partial charge in [0.25, 0.3) is 5.56 Å². The van der Waals surface area contributed by atoms with Crippen LogP contribution in [0.15, 0.2) is 11.1 Å². The highest BCUT2D eigenvalue weighted by atomic mass is 32.1. The van der Waals surface area contributed by atoms with Crippen molar-refractivity contribution in [1.82, 2.24) is 14.9 Å². The van der Waals surface area contributed by atoms with Gasteiger partial charge in [0.1, 0.15) is 11.4 Å². The second kappa shape index (κ2) is 5.99. The molecule has 6 heteroatoms. The zero-order valence-corrected chi connectivity index (χ0v) is 15.0. The minimum Gasteiger partial charge on any atom is -0.352 e. The summed E-state index contributed by atoms with van der Waals surface area (Å²) in [6, 6.07) is 0.195. The maximum Gasteiger partial charge on any atom is 0.262 e. The number of carbonyl (C=O) groups excluding carboxylic acids is 1. The number of rotatable bonds is 4. The third kappa shape index (κ3) is 2.88. The van der Waals surface area contributed by atoms with Crippen LogP contribution in [0.25, 0.3) is 10.2 Å². The number of aromatic nitrogens is 2. The quantitative estimate of drug-likeness (QED) is 0.926. The maximum absolute atomic E-state index is 12.9. The Morgan fingerprint density at radius 1 is 1.46 bits per heavy atom. The molecule has 2 aromatic heterocycles. The van der Waals surface area contributed by atoms with Crippen LogP contribution < -0.4 is 10.9 Å². The van der Waals surface area contributed by atoms with Gasteiger partial charge in [0.15, 0.2) is 0 Å². The Kier molecular flexibility index (Phi) is 3.95. The van der Waals surface area contributed by atoms with E-state index < -0.39 is 0 Å². The van der Waals surface area contributed by atoms with E-state index in [0.29, 0.717) is 11.8 Å². The number of thiophene rings is 1. The summed E-state index contributed by atoms with van der Waals surface area (Å²) in [6.45, 7) is 4.35. The van der Waals surface area contributed by atoms with E-state index in [1.165, 1.54) is 34.2 Å². The van der Waals surface area contributed by atoms with Crippen molar-refractivity contribution in [2.45, 2.75) is 58.5 Å². The van der Waals surface area contributed by atoms with Gasteiger partial charge < -0.3 is 5.32 Å². The van der Waals surface area contributed by atoms with Crippen LogP contribution in [-0.2, 0) is 24.2 Å². The Bertz CT molecular complexity index is 850. The number of fused-ring (bicyclic) bond motifs is 3. The molecule has 0 saturated heterocycles. The molecular weight excluding hydrogens is 322 g/mol. The highest BCUT2D eigenvalue weighted by Gasteiger charge is 2.29. The molecule has 2 aliphatic rings. The van der Waals surface area contributed by atoms with E-state index in [1.54, 1.807) is 11.3 Å². The molecule has 0 bridgehead atoms. The summed E-state index contributed by atoms with van der Waals surface area (Å²) in [6.07, 6.45) is 7.00. The van der Waals surface area contributed by atoms with E-state index in [4.69, 9.17) is 0 Å². The van der Waals surface area contributed by atoms with E-state index >= 15 is 0 Å². The van der Waals surface area contributed by atoms with Crippen LogP contribution in [0.2, 0.25) is 0 Å². The monoisotopic (exact) mass is 345 g/mol. The van der Waals surface area contributed by atoms with Crippen LogP contribution in [-0.4, -0.2) is 21.5 Å². The molecule has 0 radical (unpaired) electrons. The number of hydrogen-bond acceptors (Lipinski definition) is 4. The SMILES string of the molecule is C[C@H]1CCc2c(sc3ncn(CC(=O)N[C@H](C)C4CC4)c(=O)c23)C1. The molecule has 5 nitrogen and oxygen atoms in total. The third-order valence-electron chi connectivity index (χ3n) is 5.31. The van der Waals surface area contributed by atoms with E-state index in [-0.39, 0.29) is 24.1 Å². The third-order valence-corrected chi connectivity index (χ3v) is 6.48. The van der Waals surface area contributed by atoms with Gasteiger partial charge in [-0.25, -0.2) is 4.98 Å². The lowest BCUT2D eigenvalue weighted by molar-refractivity contribution is -0.122. The molecule has 128 valence electrons. The van der Waals surface area contributed by atoms with Gasteiger partial charge in [0, 0.05) is 10.9 Å². The first-order chi connectivity index (χ1) is 11.5. The summed E-state index contributed by atoms with van der Waals surface area (Å²) in [4.78, 5) is 31.7. The number of nitrogens with zero attached hydrogens (tertiary/aromatic N) is 2. The van der Waals surface area contributed by atoms with Gasteiger partial charge in [0.05, 0.1) is 11.7 Å². The van der Waals surface area contributed by atoms with Crippen molar-refractivity contribution in [3.05, 3.63) is 27.1 Å². The molecule has 2 heterocycles. The van der Waals surface area contributed by atoms with Crippen LogP contribution in [0.5, 0.6) is 0 Å². The highest BCUT2D eigenvalue weighted by molar-refractivity contribution is 7.18. The maximum atomic E-state index is 12.9. The van der Waals surface area contributed by atoms with Gasteiger partial charge >= 0.3 is 0 Å². The normalized spacial score (nSPS) is 21.5. The first kappa shape index (κ1) is 15.8. The van der Waals surface area contributed by atoms with Crippen molar-refractivity contribution in [1.29, 1.82) is 0 Å². The summed E-state index contributed by atoms with van der Waals surface area (Å²) < 4.78 is 1.46. The molecule has 1 saturated carbocycles. The second-order valence-corrected chi connectivity index (χ2v) is 8.49. The van der Waals surface area contributed by atoms with Gasteiger partial charge in [-0.15, -0.1) is 11.3 Å². The number of carbonyl (C=O) groups is 1. The summed E-state index contributed by atoms with van der Waals surface area (Å²) in [5.41, 5.74) is 1.10. The topological polar surface area (TPSA) is 64.0 Å². The standard InChI is InChI=1S/C18H23N3O2S/c1-10-3-6-13-14(7-10)24-17-16(13)18(23)21(9-19-17)8-15(22)20-11(2)12-4-5-12/h9-12H,3-8H2,1-2H3,(H,20,22)/t10-,11+/m0/s1. The van der Waals surface area contributed by atoms with E-state index in [9.17, 15) is 9.59 Å². The van der Waals surface area contributed by atoms with Crippen LogP contribution in [0.1, 0.15) is 43.6 Å². The Morgan fingerprint density at radius 2 is 2.25 bits per heavy atom. The molecule has 2 aliphatic carbocycles. The first-order valence-corrected chi connectivity index (χ1v) is 9.63. The average molecular weight is 345 g/mol. The van der Waals surface area contributed by atoms with Gasteiger partial charge in [-0.1, -0.05) is 6.92 Å². The van der Waals surface area contributed by atoms with Crippen LogP contribution >= 0.6 is 11.3 Å². The second-order valence-electron chi connectivity index (χ2n) is 7.40. The average Bonchev–Trinajstić information content (AvgIpc) is 3.31. The smallest absolute Gasteiger partial charge is 0.262 e. The zero-order valence-electron chi connectivity index (χ0n) is 14.2. The summed E-state index contributed by atoms with van der Waals surface area (Å²) in [5, 5.41) is 3.75. The molecule has 1 N–H and O–H groups in total. The fraction of sp³-hybridized carbons (Fsp3) is 0.611. The Labute approximate surface area is 145 Å². The van der Waals surface area contributed by atoms with Crippen molar-refractivity contribution in [3.63, 3.8) is 0 Å². The molecular formula is C18H23N3O2S. The Balaban J connectivity index is 1.61. The van der Waals surface area contributed by atoms with Gasteiger partial charge in [-0.05, 0) is 56.4 Å². The van der Waals surface area contributed by atoms with Gasteiger partial charge in [-0.3, -0.25) is 14.2 Å². The van der Waals surface area contributed by atoms with Crippen LogP contribution in [0, 0.1) is 11.8 Å². The van der Waals surface area contributed by atoms with E-state index in [0.717, 1.165) is 29.5 Å². The van der Waals surface area contributed by atoms with Gasteiger partial charge in [0.2, 0.25) is 5.91 Å². The molecule has 0 spiro atoms. The molecule has 1 fully saturated rings. The summed E-state index contributed by atoms with van der Waals surface area (Å²) in [5.74, 6) is 1.18. The lowest BCUT2D eigenvalue weighted by atomic mass is 9.89. The lowest BCUT2D eigenvalue weighted by Crippen LogP contribution is -2.38. The molecule has 2 atom stereocenters. The van der Waals surface area contributed by atoms with Crippen molar-refractivity contribution in [3.8, 4) is 0 Å². The Hall–Kier alpha value is -1.69. The number of aryl methyl sites for hydroxylation is 1. The molecule has 0 aromatic carbocycles. The van der Waals surface area contributed by atoms with Crippen LogP contribution in [0.4, 0.5) is 0 Å². The zero-order chi connectivity index (χ0) is 16.8. The summed E-state index contributed by atoms with van der Waals surface area (Å²) in [7, 11) is 0. The number of hydrogen-bond donors (Lipinski definition) is 1. The van der Waals surface area contributed by atoms with E-state index in [1.807, 2.05) is 6.92 Å². The fourth-order valence-corrected chi connectivity index (χ4v) is 4.99. The van der Waals surface area contributed by atoms with E-state index in [2.05, 4.69) is 17.2 Å². The molecule has 4 rings (SSSR count). The predicted molar refractivity (Wildman–Crippen MR) is 95.4 cm³/mol. The minimum absolute atomic E-state index is 0.0554. The summed E-state index contributed by atoms with van der Waals surface area (Å²) >= 11 is 1.64. The van der Waals surface area contributed by atoms with Crippen LogP contribution in [0.3, 0.4) is 0 Å². The van der Waals surface area contributed by atoms with Crippen molar-refractivity contribution in [2.75, 3.05) is 0 Å². The molecule has 1 amide bonds. The predicted octanol–water partition coefficient (Wildman–Crippen LogP) is 2.50. The molecule has 0 unspecified atom stereocenters. The van der Waals surface area contributed by atoms with Gasteiger partial charge in [-0.2, -0.15) is 0 Å². The largest absolute Gasteiger partial charge is 0.352 e.